The molecule has 2 heterocycles. The van der Waals surface area contributed by atoms with Crippen molar-refractivity contribution in [2.24, 2.45) is 5.14 Å². The highest BCUT2D eigenvalue weighted by atomic mass is 32.2. The number of amides is 1. The molecule has 0 aliphatic heterocycles. The van der Waals surface area contributed by atoms with E-state index in [1.165, 1.54) is 34.5 Å². The second kappa shape index (κ2) is 8.34. The first-order valence-electron chi connectivity index (χ1n) is 9.02. The standard InChI is InChI=1S/C19H17N7O3S2/c1-12-17(9-13-5-7-16(8-6-13)31(20,28)29)30-19(22-12)23-18(27)14-3-2-4-15(10-14)26-11-21-24-25-26/h2-8,10-11H,9H2,1H3,(H2,20,28,29)(H,22,23,27). The van der Waals surface area contributed by atoms with Crippen LogP contribution in [0, 0.1) is 6.92 Å². The zero-order valence-electron chi connectivity index (χ0n) is 16.3. The minimum atomic E-state index is -3.72. The van der Waals surface area contributed by atoms with Gasteiger partial charge in [0.05, 0.1) is 16.3 Å². The average Bonchev–Trinajstić information content (AvgIpc) is 3.38. The molecule has 4 aromatic rings. The lowest BCUT2D eigenvalue weighted by Crippen LogP contribution is -2.12. The number of carbonyl (C=O) groups excluding carboxylic acids is 1. The molecule has 0 fully saturated rings. The highest BCUT2D eigenvalue weighted by molar-refractivity contribution is 7.89. The first kappa shape index (κ1) is 20.8. The van der Waals surface area contributed by atoms with Crippen molar-refractivity contribution in [1.29, 1.82) is 0 Å². The van der Waals surface area contributed by atoms with Gasteiger partial charge < -0.3 is 0 Å². The van der Waals surface area contributed by atoms with E-state index in [1.807, 2.05) is 6.92 Å². The molecule has 1 amide bonds. The van der Waals surface area contributed by atoms with Gasteiger partial charge in [0, 0.05) is 16.9 Å². The average molecular weight is 456 g/mol. The summed E-state index contributed by atoms with van der Waals surface area (Å²) in [6.07, 6.45) is 2.00. The summed E-state index contributed by atoms with van der Waals surface area (Å²) in [7, 11) is -3.72. The molecule has 2 aromatic heterocycles. The van der Waals surface area contributed by atoms with E-state index in [0.717, 1.165) is 16.1 Å². The van der Waals surface area contributed by atoms with Gasteiger partial charge in [0.2, 0.25) is 10.0 Å². The van der Waals surface area contributed by atoms with E-state index in [9.17, 15) is 13.2 Å². The first-order chi connectivity index (χ1) is 14.8. The van der Waals surface area contributed by atoms with Gasteiger partial charge in [-0.3, -0.25) is 10.1 Å². The third kappa shape index (κ3) is 4.82. The molecule has 158 valence electrons. The van der Waals surface area contributed by atoms with Crippen LogP contribution >= 0.6 is 11.3 Å². The van der Waals surface area contributed by atoms with Crippen LogP contribution < -0.4 is 10.5 Å². The van der Waals surface area contributed by atoms with E-state index in [0.29, 0.717) is 22.8 Å². The number of nitrogens with one attached hydrogen (secondary N) is 1. The van der Waals surface area contributed by atoms with Crippen molar-refractivity contribution in [2.75, 3.05) is 5.32 Å². The summed E-state index contributed by atoms with van der Waals surface area (Å²) in [5, 5.41) is 19.4. The van der Waals surface area contributed by atoms with Gasteiger partial charge in [-0.15, -0.1) is 16.4 Å². The number of anilines is 1. The number of hydrogen-bond acceptors (Lipinski definition) is 8. The van der Waals surface area contributed by atoms with E-state index >= 15 is 0 Å². The van der Waals surface area contributed by atoms with Crippen LogP contribution in [0.25, 0.3) is 5.69 Å². The SMILES string of the molecule is Cc1nc(NC(=O)c2cccc(-n3cnnn3)c2)sc1Cc1ccc(S(N)(=O)=O)cc1. The Morgan fingerprint density at radius 1 is 1.19 bits per heavy atom. The predicted octanol–water partition coefficient (Wildman–Crippen LogP) is 1.92. The first-order valence-corrected chi connectivity index (χ1v) is 11.4. The minimum absolute atomic E-state index is 0.0640. The third-order valence-corrected chi connectivity index (χ3v) is 6.45. The van der Waals surface area contributed by atoms with Gasteiger partial charge in [-0.05, 0) is 53.2 Å². The maximum atomic E-state index is 12.7. The van der Waals surface area contributed by atoms with E-state index in [1.54, 1.807) is 36.4 Å². The molecule has 0 bridgehead atoms. The van der Waals surface area contributed by atoms with E-state index in [2.05, 4.69) is 25.8 Å². The number of carbonyl (C=O) groups is 1. The van der Waals surface area contributed by atoms with Crippen molar-refractivity contribution in [1.82, 2.24) is 25.2 Å². The normalized spacial score (nSPS) is 11.4. The maximum absolute atomic E-state index is 12.7. The van der Waals surface area contributed by atoms with Crippen LogP contribution in [-0.2, 0) is 16.4 Å². The van der Waals surface area contributed by atoms with Gasteiger partial charge in [0.1, 0.15) is 6.33 Å². The number of primary sulfonamides is 1. The lowest BCUT2D eigenvalue weighted by molar-refractivity contribution is 0.102. The van der Waals surface area contributed by atoms with Crippen molar-refractivity contribution in [3.8, 4) is 5.69 Å². The summed E-state index contributed by atoms with van der Waals surface area (Å²) in [5.41, 5.74) is 2.81. The summed E-state index contributed by atoms with van der Waals surface area (Å²) in [6, 6.07) is 13.3. The summed E-state index contributed by atoms with van der Waals surface area (Å²) >= 11 is 1.37. The van der Waals surface area contributed by atoms with Gasteiger partial charge in [-0.1, -0.05) is 18.2 Å². The summed E-state index contributed by atoms with van der Waals surface area (Å²) < 4.78 is 24.2. The van der Waals surface area contributed by atoms with Crippen molar-refractivity contribution >= 4 is 32.4 Å². The number of rotatable bonds is 6. The Balaban J connectivity index is 1.48. The Kier molecular flexibility index (Phi) is 5.59. The molecule has 0 unspecified atom stereocenters. The zero-order valence-corrected chi connectivity index (χ0v) is 17.9. The Morgan fingerprint density at radius 2 is 1.97 bits per heavy atom. The Labute approximate surface area is 181 Å². The second-order valence-electron chi connectivity index (χ2n) is 6.65. The van der Waals surface area contributed by atoms with Gasteiger partial charge in [0.25, 0.3) is 5.91 Å². The largest absolute Gasteiger partial charge is 0.298 e. The van der Waals surface area contributed by atoms with Crippen molar-refractivity contribution in [2.45, 2.75) is 18.2 Å². The number of aryl methyl sites for hydroxylation is 1. The number of aromatic nitrogens is 5. The molecule has 0 spiro atoms. The fraction of sp³-hybridized carbons (Fsp3) is 0.105. The molecule has 4 rings (SSSR count). The van der Waals surface area contributed by atoms with Gasteiger partial charge in [-0.25, -0.2) is 23.2 Å². The lowest BCUT2D eigenvalue weighted by atomic mass is 10.1. The lowest BCUT2D eigenvalue weighted by Gasteiger charge is -2.04. The molecule has 10 nitrogen and oxygen atoms in total. The fourth-order valence-corrected chi connectivity index (χ4v) is 4.37. The topological polar surface area (TPSA) is 146 Å². The predicted molar refractivity (Wildman–Crippen MR) is 115 cm³/mol. The summed E-state index contributed by atoms with van der Waals surface area (Å²) in [4.78, 5) is 18.1. The Morgan fingerprint density at radius 3 is 2.65 bits per heavy atom. The van der Waals surface area contributed by atoms with Crippen molar-refractivity contribution < 1.29 is 13.2 Å². The molecule has 0 saturated carbocycles. The van der Waals surface area contributed by atoms with Gasteiger partial charge in [0.15, 0.2) is 5.13 Å². The van der Waals surface area contributed by atoms with E-state index in [-0.39, 0.29) is 10.8 Å². The number of tetrazole rings is 1. The molecule has 0 aliphatic carbocycles. The second-order valence-corrected chi connectivity index (χ2v) is 9.30. The molecular weight excluding hydrogens is 438 g/mol. The van der Waals surface area contributed by atoms with Gasteiger partial charge >= 0.3 is 0 Å². The van der Waals surface area contributed by atoms with Crippen LogP contribution in [0.15, 0.2) is 59.8 Å². The molecule has 2 aromatic carbocycles. The number of sulfonamides is 1. The minimum Gasteiger partial charge on any atom is -0.298 e. The van der Waals surface area contributed by atoms with Crippen LogP contribution in [-0.4, -0.2) is 39.5 Å². The molecule has 0 saturated heterocycles. The molecule has 31 heavy (non-hydrogen) atoms. The Bertz CT molecular complexity index is 1330. The van der Waals surface area contributed by atoms with E-state index in [4.69, 9.17) is 5.14 Å². The molecular formula is C19H17N7O3S2. The fourth-order valence-electron chi connectivity index (χ4n) is 2.87. The smallest absolute Gasteiger partial charge is 0.257 e. The molecule has 0 radical (unpaired) electrons. The van der Waals surface area contributed by atoms with Crippen molar-refractivity contribution in [3.63, 3.8) is 0 Å². The van der Waals surface area contributed by atoms with Crippen LogP contribution in [0.3, 0.4) is 0 Å². The summed E-state index contributed by atoms with van der Waals surface area (Å²) in [6.45, 7) is 1.86. The number of hydrogen-bond donors (Lipinski definition) is 2. The van der Waals surface area contributed by atoms with Crippen molar-refractivity contribution in [3.05, 3.63) is 76.6 Å². The summed E-state index contributed by atoms with van der Waals surface area (Å²) in [5.74, 6) is -0.298. The zero-order chi connectivity index (χ0) is 22.0. The van der Waals surface area contributed by atoms with E-state index < -0.39 is 10.0 Å². The molecule has 12 heteroatoms. The quantitative estimate of drug-likeness (QED) is 0.451. The molecule has 3 N–H and O–H groups in total. The monoisotopic (exact) mass is 455 g/mol. The third-order valence-electron chi connectivity index (χ3n) is 4.45. The number of nitrogens with zero attached hydrogens (tertiary/aromatic N) is 5. The highest BCUT2D eigenvalue weighted by Gasteiger charge is 2.14. The molecule has 0 aliphatic rings. The number of benzene rings is 2. The van der Waals surface area contributed by atoms with Crippen LogP contribution in [0.2, 0.25) is 0 Å². The number of thiazole rings is 1. The van der Waals surface area contributed by atoms with Crippen LogP contribution in [0.4, 0.5) is 5.13 Å². The van der Waals surface area contributed by atoms with Gasteiger partial charge in [-0.2, -0.15) is 0 Å². The number of nitrogens with two attached hydrogens (primary N) is 1. The van der Waals surface area contributed by atoms with Crippen LogP contribution in [0.5, 0.6) is 0 Å². The Hall–Kier alpha value is -3.48. The molecule has 0 atom stereocenters. The highest BCUT2D eigenvalue weighted by Crippen LogP contribution is 2.26. The van der Waals surface area contributed by atoms with Crippen LogP contribution in [0.1, 0.15) is 26.5 Å². The maximum Gasteiger partial charge on any atom is 0.257 e.